The molecule has 1 heterocycles. The zero-order chi connectivity index (χ0) is 11.5. The lowest BCUT2D eigenvalue weighted by Crippen LogP contribution is -2.20. The van der Waals surface area contributed by atoms with Crippen molar-refractivity contribution >= 4 is 11.0 Å². The maximum atomic E-state index is 9.44. The van der Waals surface area contributed by atoms with Gasteiger partial charge in [0.25, 0.3) is 0 Å². The first-order valence-electron chi connectivity index (χ1n) is 5.54. The second-order valence-electron chi connectivity index (χ2n) is 3.71. The van der Waals surface area contributed by atoms with Crippen molar-refractivity contribution < 1.29 is 5.21 Å². The van der Waals surface area contributed by atoms with Crippen LogP contribution in [0.3, 0.4) is 0 Å². The Hall–Kier alpha value is -1.62. The zero-order valence-corrected chi connectivity index (χ0v) is 9.51. The predicted molar refractivity (Wildman–Crippen MR) is 61.4 cm³/mol. The van der Waals surface area contributed by atoms with E-state index < -0.39 is 0 Å². The molecule has 86 valence electrons. The van der Waals surface area contributed by atoms with Crippen molar-refractivity contribution in [1.82, 2.24) is 20.5 Å². The molecule has 5 nitrogen and oxygen atoms in total. The molecule has 0 saturated heterocycles. The highest BCUT2D eigenvalue weighted by molar-refractivity contribution is 5.78. The van der Waals surface area contributed by atoms with Gasteiger partial charge >= 0.3 is 0 Å². The number of aromatic nitrogens is 3. The molecule has 0 radical (unpaired) electrons. The second kappa shape index (κ2) is 4.49. The third-order valence-electron chi connectivity index (χ3n) is 2.73. The van der Waals surface area contributed by atoms with Crippen molar-refractivity contribution in [3.63, 3.8) is 0 Å². The Balaban J connectivity index is 2.50. The lowest BCUT2D eigenvalue weighted by atomic mass is 10.0. The van der Waals surface area contributed by atoms with Crippen LogP contribution in [0.2, 0.25) is 0 Å². The van der Waals surface area contributed by atoms with E-state index in [1.54, 1.807) is 6.07 Å². The summed E-state index contributed by atoms with van der Waals surface area (Å²) in [7, 11) is 0. The third kappa shape index (κ3) is 1.74. The average Bonchev–Trinajstić information content (AvgIpc) is 2.68. The Bertz CT molecular complexity index is 480. The van der Waals surface area contributed by atoms with E-state index in [1.807, 2.05) is 12.1 Å². The van der Waals surface area contributed by atoms with Gasteiger partial charge in [-0.25, -0.2) is 0 Å². The van der Waals surface area contributed by atoms with Crippen LogP contribution in [0.1, 0.15) is 31.9 Å². The molecule has 0 aliphatic rings. The van der Waals surface area contributed by atoms with Gasteiger partial charge in [0.05, 0.1) is 0 Å². The quantitative estimate of drug-likeness (QED) is 0.770. The minimum absolute atomic E-state index is 0.255. The van der Waals surface area contributed by atoms with Crippen LogP contribution in [0.5, 0.6) is 0 Å². The number of rotatable bonds is 4. The minimum Gasteiger partial charge on any atom is -0.410 e. The molecular weight excluding hydrogens is 204 g/mol. The SMILES string of the molecule is CCNC(CC)c1cccc2c1nnn2O. The summed E-state index contributed by atoms with van der Waals surface area (Å²) in [5.41, 5.74) is 2.49. The van der Waals surface area contributed by atoms with Gasteiger partial charge in [-0.05, 0) is 29.8 Å². The summed E-state index contributed by atoms with van der Waals surface area (Å²) < 4.78 is 0. The number of benzene rings is 1. The topological polar surface area (TPSA) is 63.0 Å². The van der Waals surface area contributed by atoms with Crippen molar-refractivity contribution in [2.75, 3.05) is 6.54 Å². The fourth-order valence-electron chi connectivity index (χ4n) is 1.96. The molecule has 0 amide bonds. The van der Waals surface area contributed by atoms with Crippen molar-refractivity contribution in [3.05, 3.63) is 23.8 Å². The molecule has 2 aromatic rings. The number of hydrogen-bond acceptors (Lipinski definition) is 4. The van der Waals surface area contributed by atoms with Gasteiger partial charge in [0.1, 0.15) is 11.0 Å². The summed E-state index contributed by atoms with van der Waals surface area (Å²) in [5.74, 6) is 0. The smallest absolute Gasteiger partial charge is 0.131 e. The summed E-state index contributed by atoms with van der Waals surface area (Å²) in [6, 6.07) is 5.99. The van der Waals surface area contributed by atoms with Gasteiger partial charge in [-0.3, -0.25) is 0 Å². The summed E-state index contributed by atoms with van der Waals surface area (Å²) >= 11 is 0. The Kier molecular flexibility index (Phi) is 3.05. The molecule has 5 heteroatoms. The first-order chi connectivity index (χ1) is 7.77. The minimum atomic E-state index is 0.255. The molecule has 16 heavy (non-hydrogen) atoms. The fraction of sp³-hybridized carbons (Fsp3) is 0.455. The highest BCUT2D eigenvalue weighted by Gasteiger charge is 2.14. The number of nitrogens with zero attached hydrogens (tertiary/aromatic N) is 3. The summed E-state index contributed by atoms with van der Waals surface area (Å²) in [5, 5.41) is 20.5. The fourth-order valence-corrected chi connectivity index (χ4v) is 1.96. The summed E-state index contributed by atoms with van der Waals surface area (Å²) in [6.45, 7) is 5.10. The molecule has 0 bridgehead atoms. The normalized spacial score (nSPS) is 13.1. The van der Waals surface area contributed by atoms with Crippen LogP contribution in [0.25, 0.3) is 11.0 Å². The molecule has 0 fully saturated rings. The van der Waals surface area contributed by atoms with Gasteiger partial charge in [-0.1, -0.05) is 30.8 Å². The molecule has 1 unspecified atom stereocenters. The van der Waals surface area contributed by atoms with Gasteiger partial charge in [0, 0.05) is 6.04 Å². The van der Waals surface area contributed by atoms with Gasteiger partial charge < -0.3 is 10.5 Å². The number of hydrogen-bond donors (Lipinski definition) is 2. The lowest BCUT2D eigenvalue weighted by molar-refractivity contribution is 0.155. The van der Waals surface area contributed by atoms with E-state index in [1.165, 1.54) is 0 Å². The van der Waals surface area contributed by atoms with Crippen molar-refractivity contribution in [3.8, 4) is 0 Å². The molecule has 0 saturated carbocycles. The van der Waals surface area contributed by atoms with Gasteiger partial charge in [0.2, 0.25) is 0 Å². The van der Waals surface area contributed by atoms with Gasteiger partial charge in [-0.2, -0.15) is 0 Å². The van der Waals surface area contributed by atoms with Gasteiger partial charge in [0.15, 0.2) is 0 Å². The number of fused-ring (bicyclic) bond motifs is 1. The number of nitrogens with one attached hydrogen (secondary N) is 1. The van der Waals surface area contributed by atoms with Crippen LogP contribution in [0.4, 0.5) is 0 Å². The first kappa shape index (κ1) is 10.9. The zero-order valence-electron chi connectivity index (χ0n) is 9.51. The van der Waals surface area contributed by atoms with E-state index in [4.69, 9.17) is 0 Å². The standard InChI is InChI=1S/C11H16N4O/c1-3-9(12-4-2)8-6-5-7-10-11(8)13-14-15(10)16/h5-7,9,12,16H,3-4H2,1-2H3. The Morgan fingerprint density at radius 1 is 1.44 bits per heavy atom. The summed E-state index contributed by atoms with van der Waals surface area (Å²) in [6.07, 6.45) is 0.977. The Labute approximate surface area is 94.0 Å². The Morgan fingerprint density at radius 2 is 2.25 bits per heavy atom. The largest absolute Gasteiger partial charge is 0.410 e. The van der Waals surface area contributed by atoms with E-state index >= 15 is 0 Å². The van der Waals surface area contributed by atoms with Crippen LogP contribution in [0.15, 0.2) is 18.2 Å². The lowest BCUT2D eigenvalue weighted by Gasteiger charge is -2.16. The maximum absolute atomic E-state index is 9.44. The van der Waals surface area contributed by atoms with Crippen LogP contribution in [-0.4, -0.2) is 26.9 Å². The highest BCUT2D eigenvalue weighted by atomic mass is 16.5. The van der Waals surface area contributed by atoms with Crippen LogP contribution >= 0.6 is 0 Å². The van der Waals surface area contributed by atoms with E-state index in [0.29, 0.717) is 5.52 Å². The maximum Gasteiger partial charge on any atom is 0.131 e. The molecule has 2 N–H and O–H groups in total. The monoisotopic (exact) mass is 220 g/mol. The molecule has 0 spiro atoms. The van der Waals surface area contributed by atoms with E-state index in [-0.39, 0.29) is 6.04 Å². The van der Waals surface area contributed by atoms with Crippen molar-refractivity contribution in [2.24, 2.45) is 0 Å². The average molecular weight is 220 g/mol. The van der Waals surface area contributed by atoms with E-state index in [0.717, 1.165) is 28.9 Å². The van der Waals surface area contributed by atoms with Crippen molar-refractivity contribution in [1.29, 1.82) is 0 Å². The van der Waals surface area contributed by atoms with E-state index in [2.05, 4.69) is 29.5 Å². The highest BCUT2D eigenvalue weighted by Crippen LogP contribution is 2.23. The van der Waals surface area contributed by atoms with Crippen LogP contribution < -0.4 is 5.32 Å². The molecule has 0 aliphatic carbocycles. The third-order valence-corrected chi connectivity index (χ3v) is 2.73. The molecular formula is C11H16N4O. The van der Waals surface area contributed by atoms with Crippen molar-refractivity contribution in [2.45, 2.75) is 26.3 Å². The molecule has 1 aromatic heterocycles. The van der Waals surface area contributed by atoms with Crippen LogP contribution in [0, 0.1) is 0 Å². The van der Waals surface area contributed by atoms with Crippen LogP contribution in [-0.2, 0) is 0 Å². The predicted octanol–water partition coefficient (Wildman–Crippen LogP) is 1.73. The first-order valence-corrected chi connectivity index (χ1v) is 5.54. The molecule has 2 rings (SSSR count). The Morgan fingerprint density at radius 3 is 2.94 bits per heavy atom. The summed E-state index contributed by atoms with van der Waals surface area (Å²) in [4.78, 5) is 0.817. The molecule has 1 atom stereocenters. The van der Waals surface area contributed by atoms with Gasteiger partial charge in [-0.15, -0.1) is 5.10 Å². The van der Waals surface area contributed by atoms with E-state index in [9.17, 15) is 5.21 Å². The second-order valence-corrected chi connectivity index (χ2v) is 3.71. The molecule has 1 aromatic carbocycles. The molecule has 0 aliphatic heterocycles.